The zero-order valence-electron chi connectivity index (χ0n) is 12.4. The van der Waals surface area contributed by atoms with Crippen molar-refractivity contribution >= 4 is 69.4 Å². The molecule has 4 rings (SSSR count). The molecule has 25 heavy (non-hydrogen) atoms. The molecule has 0 fully saturated rings. The van der Waals surface area contributed by atoms with E-state index in [4.69, 9.17) is 26.8 Å². The lowest BCUT2D eigenvalue weighted by Crippen LogP contribution is -1.88. The maximum Gasteiger partial charge on any atom is 0.144 e. The van der Waals surface area contributed by atoms with E-state index in [1.807, 2.05) is 12.1 Å². The number of halogens is 2. The maximum atomic E-state index is 5.94. The van der Waals surface area contributed by atoms with Gasteiger partial charge in [-0.25, -0.2) is 13.6 Å². The highest BCUT2D eigenvalue weighted by atomic mass is 35.5. The van der Waals surface area contributed by atoms with Crippen LogP contribution in [-0.2, 0) is 3.63 Å². The smallest absolute Gasteiger partial charge is 0.144 e. The Hall–Kier alpha value is -1.64. The van der Waals surface area contributed by atoms with Gasteiger partial charge in [0, 0.05) is 10.0 Å². The van der Waals surface area contributed by atoms with Crippen molar-refractivity contribution in [1.82, 2.24) is 19.9 Å². The second kappa shape index (κ2) is 7.31. The molecule has 5 nitrogen and oxygen atoms in total. The third kappa shape index (κ3) is 3.96. The lowest BCUT2D eigenvalue weighted by atomic mass is 10.3. The van der Waals surface area contributed by atoms with Crippen molar-refractivity contribution in [2.75, 3.05) is 0 Å². The van der Waals surface area contributed by atoms with Crippen molar-refractivity contribution in [3.05, 3.63) is 58.8 Å². The molecule has 9 heteroatoms. The number of nitrogens with zero attached hydrogens (tertiary/aromatic N) is 4. The molecule has 0 N–H and O–H groups in total. The molecular weight excluding hydrogens is 399 g/mol. The first kappa shape index (κ1) is 16.8. The van der Waals surface area contributed by atoms with E-state index in [2.05, 4.69) is 19.9 Å². The molecule has 2 aromatic carbocycles. The lowest BCUT2D eigenvalue weighted by Gasteiger charge is -2.03. The molecule has 0 atom stereocenters. The highest BCUT2D eigenvalue weighted by molar-refractivity contribution is 8.07. The van der Waals surface area contributed by atoms with E-state index in [0.717, 1.165) is 46.2 Å². The van der Waals surface area contributed by atoms with E-state index in [1.165, 1.54) is 0 Å². The van der Waals surface area contributed by atoms with Gasteiger partial charge in [-0.15, -0.1) is 0 Å². The van der Waals surface area contributed by atoms with Gasteiger partial charge in [0.1, 0.15) is 10.1 Å². The number of fused-ring (bicyclic) bond motifs is 2. The van der Waals surface area contributed by atoms with Crippen LogP contribution in [0, 0.1) is 0 Å². The van der Waals surface area contributed by atoms with Crippen LogP contribution in [0.5, 0.6) is 0 Å². The molecular formula is C16H8Cl2N4OS2. The fourth-order valence-electron chi connectivity index (χ4n) is 2.10. The Morgan fingerprint density at radius 2 is 1.16 bits per heavy atom. The SMILES string of the molecule is Clc1ccc2nc(SOSc3cnc4cc(Cl)ccc4n3)cnc2c1. The van der Waals surface area contributed by atoms with Gasteiger partial charge in [0.2, 0.25) is 0 Å². The highest BCUT2D eigenvalue weighted by Crippen LogP contribution is 2.29. The number of aromatic nitrogens is 4. The second-order valence-electron chi connectivity index (χ2n) is 4.92. The van der Waals surface area contributed by atoms with Gasteiger partial charge in [-0.3, -0.25) is 9.97 Å². The van der Waals surface area contributed by atoms with Crippen molar-refractivity contribution in [3.63, 3.8) is 0 Å². The summed E-state index contributed by atoms with van der Waals surface area (Å²) in [4.78, 5) is 17.6. The van der Waals surface area contributed by atoms with Crippen molar-refractivity contribution in [2.24, 2.45) is 0 Å². The molecule has 0 aliphatic heterocycles. The van der Waals surface area contributed by atoms with Crippen molar-refractivity contribution in [2.45, 2.75) is 10.1 Å². The van der Waals surface area contributed by atoms with E-state index in [1.54, 1.807) is 36.7 Å². The molecule has 4 aromatic rings. The summed E-state index contributed by atoms with van der Waals surface area (Å²) in [7, 11) is 0. The Morgan fingerprint density at radius 3 is 1.64 bits per heavy atom. The van der Waals surface area contributed by atoms with Gasteiger partial charge in [0.25, 0.3) is 0 Å². The summed E-state index contributed by atoms with van der Waals surface area (Å²) >= 11 is 14.1. The zero-order chi connectivity index (χ0) is 17.2. The highest BCUT2D eigenvalue weighted by Gasteiger charge is 2.06. The Balaban J connectivity index is 1.45. The third-order valence-corrected chi connectivity index (χ3v) is 4.95. The lowest BCUT2D eigenvalue weighted by molar-refractivity contribution is 0.746. The molecule has 0 saturated carbocycles. The van der Waals surface area contributed by atoms with Crippen molar-refractivity contribution < 1.29 is 3.63 Å². The molecule has 0 bridgehead atoms. The summed E-state index contributed by atoms with van der Waals surface area (Å²) in [6, 6.07) is 10.7. The van der Waals surface area contributed by atoms with Crippen LogP contribution in [0.15, 0.2) is 58.8 Å². The number of hydrogen-bond acceptors (Lipinski definition) is 7. The minimum Gasteiger partial charge on any atom is -0.252 e. The van der Waals surface area contributed by atoms with Gasteiger partial charge in [0.05, 0.1) is 58.5 Å². The normalized spacial score (nSPS) is 11.3. The second-order valence-corrected chi connectivity index (χ2v) is 7.50. The Kier molecular flexibility index (Phi) is 4.91. The summed E-state index contributed by atoms with van der Waals surface area (Å²) in [6.45, 7) is 0. The molecule has 0 saturated heterocycles. The Labute approximate surface area is 161 Å². The first-order chi connectivity index (χ1) is 12.2. The molecule has 2 heterocycles. The van der Waals surface area contributed by atoms with Gasteiger partial charge in [-0.1, -0.05) is 23.2 Å². The topological polar surface area (TPSA) is 60.8 Å². The van der Waals surface area contributed by atoms with Crippen molar-refractivity contribution in [1.29, 1.82) is 0 Å². The van der Waals surface area contributed by atoms with Gasteiger partial charge < -0.3 is 0 Å². The zero-order valence-corrected chi connectivity index (χ0v) is 15.5. The van der Waals surface area contributed by atoms with E-state index < -0.39 is 0 Å². The summed E-state index contributed by atoms with van der Waals surface area (Å²) in [6.07, 6.45) is 3.27. The summed E-state index contributed by atoms with van der Waals surface area (Å²) in [5.74, 6) is 0. The molecule has 0 unspecified atom stereocenters. The largest absolute Gasteiger partial charge is 0.252 e. The molecule has 124 valence electrons. The number of rotatable bonds is 4. The molecule has 0 amide bonds. The average molecular weight is 407 g/mol. The van der Waals surface area contributed by atoms with Crippen LogP contribution in [0.3, 0.4) is 0 Å². The molecule has 0 aliphatic rings. The molecule has 0 radical (unpaired) electrons. The first-order valence-corrected chi connectivity index (χ1v) is 9.27. The maximum absolute atomic E-state index is 5.94. The van der Waals surface area contributed by atoms with Gasteiger partial charge >= 0.3 is 0 Å². The van der Waals surface area contributed by atoms with Gasteiger partial charge in [0.15, 0.2) is 0 Å². The minimum absolute atomic E-state index is 0.630. The predicted octanol–water partition coefficient (Wildman–Crippen LogP) is 5.61. The van der Waals surface area contributed by atoms with Crippen LogP contribution < -0.4 is 0 Å². The fourth-order valence-corrected chi connectivity index (χ4v) is 3.59. The Morgan fingerprint density at radius 1 is 0.680 bits per heavy atom. The van der Waals surface area contributed by atoms with E-state index in [9.17, 15) is 0 Å². The van der Waals surface area contributed by atoms with E-state index >= 15 is 0 Å². The van der Waals surface area contributed by atoms with Crippen LogP contribution in [0.1, 0.15) is 0 Å². The molecule has 0 spiro atoms. The standard InChI is InChI=1S/C16H8Cl2N4OS2/c17-9-1-3-11-13(5-9)19-7-15(21-11)24-23-25-16-8-20-14-6-10(18)2-4-12(14)22-16/h1-8H. The van der Waals surface area contributed by atoms with Crippen LogP contribution in [0.4, 0.5) is 0 Å². The van der Waals surface area contributed by atoms with Crippen LogP contribution in [0.25, 0.3) is 22.1 Å². The minimum atomic E-state index is 0.630. The third-order valence-electron chi connectivity index (χ3n) is 3.20. The van der Waals surface area contributed by atoms with E-state index in [-0.39, 0.29) is 0 Å². The van der Waals surface area contributed by atoms with Crippen LogP contribution in [0.2, 0.25) is 10.0 Å². The predicted molar refractivity (Wildman–Crippen MR) is 102 cm³/mol. The van der Waals surface area contributed by atoms with Crippen molar-refractivity contribution in [3.8, 4) is 0 Å². The fraction of sp³-hybridized carbons (Fsp3) is 0. The number of benzene rings is 2. The summed E-state index contributed by atoms with van der Waals surface area (Å²) in [5.41, 5.74) is 2.99. The van der Waals surface area contributed by atoms with Gasteiger partial charge in [-0.2, -0.15) is 0 Å². The number of hydrogen-bond donors (Lipinski definition) is 0. The molecule has 0 aliphatic carbocycles. The monoisotopic (exact) mass is 406 g/mol. The Bertz CT molecular complexity index is 995. The van der Waals surface area contributed by atoms with Crippen LogP contribution in [-0.4, -0.2) is 19.9 Å². The van der Waals surface area contributed by atoms with E-state index in [0.29, 0.717) is 20.1 Å². The quantitative estimate of drug-likeness (QED) is 0.408. The average Bonchev–Trinajstić information content (AvgIpc) is 2.62. The summed E-state index contributed by atoms with van der Waals surface area (Å²) in [5, 5.41) is 2.54. The van der Waals surface area contributed by atoms with Crippen LogP contribution >= 0.6 is 47.3 Å². The summed E-state index contributed by atoms with van der Waals surface area (Å²) < 4.78 is 5.53. The van der Waals surface area contributed by atoms with Gasteiger partial charge in [-0.05, 0) is 36.4 Å². The molecule has 2 aromatic heterocycles. The first-order valence-electron chi connectivity index (χ1n) is 7.03.